The van der Waals surface area contributed by atoms with Gasteiger partial charge in [-0.05, 0) is 67.8 Å². The Morgan fingerprint density at radius 2 is 1.76 bits per heavy atom. The maximum atomic E-state index is 13.0. The molecule has 188 valence electrons. The van der Waals surface area contributed by atoms with Crippen LogP contribution in [0.1, 0.15) is 62.9 Å². The lowest BCUT2D eigenvalue weighted by Crippen LogP contribution is -2.35. The number of hydrogen-bond acceptors (Lipinski definition) is 3. The van der Waals surface area contributed by atoms with E-state index in [0.29, 0.717) is 36.3 Å². The lowest BCUT2D eigenvalue weighted by molar-refractivity contribution is 0.0729. The molecular formula is C32H32N2O3. The monoisotopic (exact) mass is 492 g/mol. The van der Waals surface area contributed by atoms with E-state index >= 15 is 0 Å². The van der Waals surface area contributed by atoms with E-state index in [4.69, 9.17) is 4.42 Å². The topological polar surface area (TPSA) is 62.6 Å². The van der Waals surface area contributed by atoms with Crippen LogP contribution < -0.4 is 5.32 Å². The van der Waals surface area contributed by atoms with E-state index in [0.717, 1.165) is 47.5 Å². The lowest BCUT2D eigenvalue weighted by atomic mass is 10.0. The van der Waals surface area contributed by atoms with Gasteiger partial charge < -0.3 is 14.6 Å². The number of carbonyl (C=O) groups excluding carboxylic acids is 2. The first-order chi connectivity index (χ1) is 18.0. The van der Waals surface area contributed by atoms with Gasteiger partial charge in [0.15, 0.2) is 0 Å². The maximum Gasteiger partial charge on any atom is 0.255 e. The molecule has 0 radical (unpaired) electrons. The van der Waals surface area contributed by atoms with E-state index in [1.165, 1.54) is 5.56 Å². The SMILES string of the molecule is CCCCc1ccc(C(=O)Nc2cccc(-c3cc4c(o3)CCN(C(=O)c3cccc(C)c3)C4)c2)cc1. The third kappa shape index (κ3) is 5.67. The van der Waals surface area contributed by atoms with E-state index in [-0.39, 0.29) is 11.8 Å². The van der Waals surface area contributed by atoms with Gasteiger partial charge in [-0.1, -0.05) is 55.3 Å². The van der Waals surface area contributed by atoms with E-state index in [2.05, 4.69) is 12.2 Å². The molecule has 1 N–H and O–H groups in total. The van der Waals surface area contributed by atoms with Crippen LogP contribution in [0.25, 0.3) is 11.3 Å². The molecule has 5 rings (SSSR count). The summed E-state index contributed by atoms with van der Waals surface area (Å²) in [5, 5.41) is 3.00. The summed E-state index contributed by atoms with van der Waals surface area (Å²) in [7, 11) is 0. The van der Waals surface area contributed by atoms with Gasteiger partial charge >= 0.3 is 0 Å². The normalized spacial score (nSPS) is 12.8. The number of unbranched alkanes of at least 4 members (excludes halogenated alkanes) is 1. The molecule has 1 aromatic heterocycles. The number of furan rings is 1. The Kier molecular flexibility index (Phi) is 7.22. The molecule has 0 aliphatic carbocycles. The molecule has 2 heterocycles. The molecule has 0 atom stereocenters. The minimum absolute atomic E-state index is 0.0419. The molecule has 0 spiro atoms. The summed E-state index contributed by atoms with van der Waals surface area (Å²) >= 11 is 0. The van der Waals surface area contributed by atoms with Crippen molar-refractivity contribution in [2.24, 2.45) is 0 Å². The van der Waals surface area contributed by atoms with Gasteiger partial charge in [-0.15, -0.1) is 0 Å². The van der Waals surface area contributed by atoms with E-state index in [9.17, 15) is 9.59 Å². The van der Waals surface area contributed by atoms with Gasteiger partial charge in [0.05, 0.1) is 0 Å². The number of aryl methyl sites for hydroxylation is 2. The second-order valence-electron chi connectivity index (χ2n) is 9.74. The summed E-state index contributed by atoms with van der Waals surface area (Å²) in [6.45, 7) is 5.32. The summed E-state index contributed by atoms with van der Waals surface area (Å²) in [5.74, 6) is 1.57. The average Bonchev–Trinajstić information content (AvgIpc) is 3.35. The number of nitrogens with one attached hydrogen (secondary N) is 1. The molecule has 37 heavy (non-hydrogen) atoms. The fraction of sp³-hybridized carbons (Fsp3) is 0.250. The third-order valence-electron chi connectivity index (χ3n) is 6.86. The maximum absolute atomic E-state index is 13.0. The fourth-order valence-electron chi connectivity index (χ4n) is 4.77. The van der Waals surface area contributed by atoms with Gasteiger partial charge in [0, 0.05) is 47.5 Å². The van der Waals surface area contributed by atoms with Crippen molar-refractivity contribution in [3.63, 3.8) is 0 Å². The van der Waals surface area contributed by atoms with Gasteiger partial charge in [0.1, 0.15) is 11.5 Å². The highest BCUT2D eigenvalue weighted by molar-refractivity contribution is 6.04. The van der Waals surface area contributed by atoms with Crippen molar-refractivity contribution in [3.8, 4) is 11.3 Å². The summed E-state index contributed by atoms with van der Waals surface area (Å²) in [6.07, 6.45) is 4.01. The molecule has 5 nitrogen and oxygen atoms in total. The molecule has 1 aliphatic rings. The number of fused-ring (bicyclic) bond motifs is 1. The highest BCUT2D eigenvalue weighted by Crippen LogP contribution is 2.31. The van der Waals surface area contributed by atoms with Crippen molar-refractivity contribution in [3.05, 3.63) is 112 Å². The van der Waals surface area contributed by atoms with Crippen molar-refractivity contribution in [1.82, 2.24) is 4.90 Å². The number of carbonyl (C=O) groups is 2. The molecule has 4 aromatic rings. The van der Waals surface area contributed by atoms with Gasteiger partial charge in [0.25, 0.3) is 11.8 Å². The minimum Gasteiger partial charge on any atom is -0.461 e. The lowest BCUT2D eigenvalue weighted by Gasteiger charge is -2.26. The van der Waals surface area contributed by atoms with Crippen LogP contribution in [0, 0.1) is 6.92 Å². The zero-order chi connectivity index (χ0) is 25.8. The van der Waals surface area contributed by atoms with Crippen LogP contribution in [0.3, 0.4) is 0 Å². The summed E-state index contributed by atoms with van der Waals surface area (Å²) in [5.41, 5.74) is 6.30. The molecule has 0 fully saturated rings. The van der Waals surface area contributed by atoms with Crippen molar-refractivity contribution in [1.29, 1.82) is 0 Å². The number of benzene rings is 3. The molecule has 1 aliphatic heterocycles. The van der Waals surface area contributed by atoms with Crippen molar-refractivity contribution in [2.45, 2.75) is 46.1 Å². The molecule has 3 aromatic carbocycles. The van der Waals surface area contributed by atoms with Crippen LogP contribution in [0.15, 0.2) is 83.3 Å². The second-order valence-corrected chi connectivity index (χ2v) is 9.74. The van der Waals surface area contributed by atoms with Crippen LogP contribution in [0.5, 0.6) is 0 Å². The van der Waals surface area contributed by atoms with Gasteiger partial charge in [-0.25, -0.2) is 0 Å². The van der Waals surface area contributed by atoms with E-state index in [1.807, 2.05) is 90.7 Å². The Balaban J connectivity index is 1.27. The number of nitrogens with zero attached hydrogens (tertiary/aromatic N) is 1. The van der Waals surface area contributed by atoms with Crippen molar-refractivity contribution < 1.29 is 14.0 Å². The largest absolute Gasteiger partial charge is 0.461 e. The Hall–Kier alpha value is -4.12. The number of anilines is 1. The van der Waals surface area contributed by atoms with Crippen LogP contribution in [0.4, 0.5) is 5.69 Å². The van der Waals surface area contributed by atoms with Crippen LogP contribution in [-0.4, -0.2) is 23.3 Å². The number of amides is 2. The van der Waals surface area contributed by atoms with Gasteiger partial charge in [-0.2, -0.15) is 0 Å². The summed E-state index contributed by atoms with van der Waals surface area (Å²) in [6, 6.07) is 25.2. The van der Waals surface area contributed by atoms with Crippen molar-refractivity contribution >= 4 is 17.5 Å². The zero-order valence-electron chi connectivity index (χ0n) is 21.4. The first kappa shape index (κ1) is 24.6. The average molecular weight is 493 g/mol. The fourth-order valence-corrected chi connectivity index (χ4v) is 4.77. The minimum atomic E-state index is -0.136. The predicted octanol–water partition coefficient (Wildman–Crippen LogP) is 7.05. The smallest absolute Gasteiger partial charge is 0.255 e. The Morgan fingerprint density at radius 1 is 0.946 bits per heavy atom. The van der Waals surface area contributed by atoms with Crippen LogP contribution in [-0.2, 0) is 19.4 Å². The van der Waals surface area contributed by atoms with Gasteiger partial charge in [-0.3, -0.25) is 9.59 Å². The highest BCUT2D eigenvalue weighted by atomic mass is 16.3. The molecule has 0 saturated heterocycles. The molecule has 2 amide bonds. The zero-order valence-corrected chi connectivity index (χ0v) is 21.4. The van der Waals surface area contributed by atoms with Crippen LogP contribution in [0.2, 0.25) is 0 Å². The molecule has 0 unspecified atom stereocenters. The molecule has 0 bridgehead atoms. The molecular weight excluding hydrogens is 460 g/mol. The summed E-state index contributed by atoms with van der Waals surface area (Å²) < 4.78 is 6.18. The standard InChI is InChI=1S/C32H32N2O3/c1-3-4-8-23-12-14-24(15-13-23)31(35)33-28-11-6-9-25(19-28)30-20-27-21-34(17-16-29(27)37-30)32(36)26-10-5-7-22(2)18-26/h5-7,9-15,18-20H,3-4,8,16-17,21H2,1-2H3,(H,33,35). The quantitative estimate of drug-likeness (QED) is 0.301. The first-order valence-corrected chi connectivity index (χ1v) is 13.0. The highest BCUT2D eigenvalue weighted by Gasteiger charge is 2.25. The third-order valence-corrected chi connectivity index (χ3v) is 6.86. The number of hydrogen-bond donors (Lipinski definition) is 1. The Bertz CT molecular complexity index is 1420. The van der Waals surface area contributed by atoms with Crippen LogP contribution >= 0.6 is 0 Å². The first-order valence-electron chi connectivity index (χ1n) is 13.0. The molecule has 0 saturated carbocycles. The second kappa shape index (κ2) is 10.9. The predicted molar refractivity (Wildman–Crippen MR) is 147 cm³/mol. The van der Waals surface area contributed by atoms with Gasteiger partial charge in [0.2, 0.25) is 0 Å². The number of rotatable bonds is 7. The van der Waals surface area contributed by atoms with E-state index in [1.54, 1.807) is 0 Å². The molecule has 5 heteroatoms. The van der Waals surface area contributed by atoms with Crippen molar-refractivity contribution in [2.75, 3.05) is 11.9 Å². The Morgan fingerprint density at radius 3 is 2.54 bits per heavy atom. The van der Waals surface area contributed by atoms with E-state index < -0.39 is 0 Å². The summed E-state index contributed by atoms with van der Waals surface area (Å²) in [4.78, 5) is 27.7. The Labute approximate surface area is 218 Å².